The largest absolute Gasteiger partial charge is 0.507 e. The number of benzene rings is 3. The molecule has 2 N–H and O–H groups in total. The Morgan fingerprint density at radius 3 is 2.39 bits per heavy atom. The first-order valence-corrected chi connectivity index (χ1v) is 11.6. The molecule has 184 valence electrons. The summed E-state index contributed by atoms with van der Waals surface area (Å²) in [5.74, 6) is 1.91. The number of amides is 1. The van der Waals surface area contributed by atoms with Crippen LogP contribution in [-0.4, -0.2) is 54.0 Å². The van der Waals surface area contributed by atoms with Gasteiger partial charge in [0.15, 0.2) is 11.5 Å². The van der Waals surface area contributed by atoms with Gasteiger partial charge in [0.2, 0.25) is 0 Å². The van der Waals surface area contributed by atoms with Gasteiger partial charge in [0.25, 0.3) is 5.91 Å². The lowest BCUT2D eigenvalue weighted by Gasteiger charge is -2.27. The summed E-state index contributed by atoms with van der Waals surface area (Å²) in [4.78, 5) is 15.5. The molecule has 2 heterocycles. The maximum absolute atomic E-state index is 13.6. The van der Waals surface area contributed by atoms with Crippen LogP contribution in [0.2, 0.25) is 0 Å². The van der Waals surface area contributed by atoms with E-state index in [1.807, 2.05) is 53.4 Å². The number of rotatable bonds is 8. The highest BCUT2D eigenvalue weighted by molar-refractivity contribution is 6.00. The molecule has 1 unspecified atom stereocenters. The van der Waals surface area contributed by atoms with Crippen molar-refractivity contribution in [2.45, 2.75) is 12.5 Å². The van der Waals surface area contributed by atoms with Crippen molar-refractivity contribution in [3.05, 3.63) is 89.1 Å². The van der Waals surface area contributed by atoms with Crippen molar-refractivity contribution < 1.29 is 24.1 Å². The van der Waals surface area contributed by atoms with Crippen molar-refractivity contribution in [3.63, 3.8) is 0 Å². The van der Waals surface area contributed by atoms with Gasteiger partial charge in [-0.3, -0.25) is 9.89 Å². The second-order valence-electron chi connectivity index (χ2n) is 8.49. The molecule has 0 spiro atoms. The SMILES string of the molecule is COc1ccc(CCN2C(=O)c3[nH]nc(-c4ccccc4O)c3C2c2ccc(OC)c(OC)c2)cc1. The molecule has 8 nitrogen and oxygen atoms in total. The molecule has 0 fully saturated rings. The second-order valence-corrected chi connectivity index (χ2v) is 8.49. The van der Waals surface area contributed by atoms with Crippen LogP contribution in [0.1, 0.15) is 33.2 Å². The number of H-pyrrole nitrogens is 1. The molecule has 0 saturated carbocycles. The standard InChI is InChI=1S/C28H27N3O5/c1-34-19-11-8-17(9-12-19)14-15-31-27(18-10-13-22(35-2)23(16-18)36-3)24-25(29-30-26(24)28(31)33)20-6-4-5-7-21(20)32/h4-13,16,27,32H,14-15H2,1-3H3,(H,29,30). The monoisotopic (exact) mass is 485 g/mol. The van der Waals surface area contributed by atoms with Crippen molar-refractivity contribution in [2.75, 3.05) is 27.9 Å². The van der Waals surface area contributed by atoms with Gasteiger partial charge in [-0.25, -0.2) is 0 Å². The Labute approximate surface area is 209 Å². The smallest absolute Gasteiger partial charge is 0.273 e. The lowest BCUT2D eigenvalue weighted by molar-refractivity contribution is 0.0745. The maximum atomic E-state index is 13.6. The van der Waals surface area contributed by atoms with E-state index in [4.69, 9.17) is 14.2 Å². The molecule has 0 bridgehead atoms. The van der Waals surface area contributed by atoms with Crippen LogP contribution in [0.3, 0.4) is 0 Å². The van der Waals surface area contributed by atoms with Gasteiger partial charge in [0.05, 0.1) is 27.4 Å². The minimum absolute atomic E-state index is 0.0991. The van der Waals surface area contributed by atoms with Gasteiger partial charge in [-0.2, -0.15) is 5.10 Å². The maximum Gasteiger partial charge on any atom is 0.273 e. The highest BCUT2D eigenvalue weighted by Gasteiger charge is 2.42. The van der Waals surface area contributed by atoms with E-state index in [0.29, 0.717) is 41.4 Å². The third-order valence-electron chi connectivity index (χ3n) is 6.55. The lowest BCUT2D eigenvalue weighted by atomic mass is 9.95. The molecular weight excluding hydrogens is 458 g/mol. The first kappa shape index (κ1) is 23.3. The Kier molecular flexibility index (Phi) is 6.25. The predicted octanol–water partition coefficient (Wildman–Crippen LogP) is 4.60. The fourth-order valence-electron chi connectivity index (χ4n) is 4.72. The molecule has 1 amide bonds. The Morgan fingerprint density at radius 2 is 1.69 bits per heavy atom. The van der Waals surface area contributed by atoms with Gasteiger partial charge >= 0.3 is 0 Å². The van der Waals surface area contributed by atoms with Crippen LogP contribution in [0.5, 0.6) is 23.0 Å². The number of phenols is 1. The molecule has 1 aliphatic heterocycles. The molecule has 1 aliphatic rings. The van der Waals surface area contributed by atoms with Gasteiger partial charge in [0, 0.05) is 17.7 Å². The quantitative estimate of drug-likeness (QED) is 0.379. The van der Waals surface area contributed by atoms with Crippen molar-refractivity contribution in [2.24, 2.45) is 0 Å². The molecule has 4 aromatic rings. The number of phenolic OH excluding ortho intramolecular Hbond substituents is 1. The number of methoxy groups -OCH3 is 3. The Morgan fingerprint density at radius 1 is 0.944 bits per heavy atom. The summed E-state index contributed by atoms with van der Waals surface area (Å²) in [5, 5.41) is 17.9. The average molecular weight is 486 g/mol. The van der Waals surface area contributed by atoms with Crippen molar-refractivity contribution in [3.8, 4) is 34.3 Å². The van der Waals surface area contributed by atoms with E-state index in [9.17, 15) is 9.90 Å². The Balaban J connectivity index is 1.58. The number of fused-ring (bicyclic) bond motifs is 1. The van der Waals surface area contributed by atoms with E-state index in [0.717, 1.165) is 22.4 Å². The Bertz CT molecular complexity index is 1400. The Hall–Kier alpha value is -4.46. The summed E-state index contributed by atoms with van der Waals surface area (Å²) >= 11 is 0. The van der Waals surface area contributed by atoms with Crippen LogP contribution in [0.15, 0.2) is 66.7 Å². The van der Waals surface area contributed by atoms with Gasteiger partial charge in [-0.15, -0.1) is 0 Å². The number of hydrogen-bond acceptors (Lipinski definition) is 6. The minimum atomic E-state index is -0.432. The number of nitrogens with one attached hydrogen (secondary N) is 1. The molecule has 36 heavy (non-hydrogen) atoms. The molecule has 5 rings (SSSR count). The molecule has 1 atom stereocenters. The number of aromatic nitrogens is 2. The van der Waals surface area contributed by atoms with E-state index >= 15 is 0 Å². The molecular formula is C28H27N3O5. The van der Waals surface area contributed by atoms with E-state index < -0.39 is 6.04 Å². The van der Waals surface area contributed by atoms with Crippen molar-refractivity contribution >= 4 is 5.91 Å². The third-order valence-corrected chi connectivity index (χ3v) is 6.55. The van der Waals surface area contributed by atoms with Crippen molar-refractivity contribution in [1.29, 1.82) is 0 Å². The first-order valence-electron chi connectivity index (χ1n) is 11.6. The zero-order valence-corrected chi connectivity index (χ0v) is 20.3. The normalized spacial score (nSPS) is 14.6. The molecule has 0 radical (unpaired) electrons. The van der Waals surface area contributed by atoms with Crippen LogP contribution in [-0.2, 0) is 6.42 Å². The number of carbonyl (C=O) groups is 1. The summed E-state index contributed by atoms with van der Waals surface area (Å²) in [6.07, 6.45) is 0.656. The number of ether oxygens (including phenoxy) is 3. The number of carbonyl (C=O) groups excluding carboxylic acids is 1. The zero-order valence-electron chi connectivity index (χ0n) is 20.3. The molecule has 1 aromatic heterocycles. The van der Waals surface area contributed by atoms with Gasteiger partial charge in [0.1, 0.15) is 22.9 Å². The van der Waals surface area contributed by atoms with Gasteiger partial charge in [-0.05, 0) is 53.9 Å². The van der Waals surface area contributed by atoms with Gasteiger partial charge in [-0.1, -0.05) is 30.3 Å². The lowest BCUT2D eigenvalue weighted by Crippen LogP contribution is -2.31. The fourth-order valence-corrected chi connectivity index (χ4v) is 4.72. The first-order chi connectivity index (χ1) is 17.5. The highest BCUT2D eigenvalue weighted by atomic mass is 16.5. The highest BCUT2D eigenvalue weighted by Crippen LogP contribution is 2.45. The molecule has 0 aliphatic carbocycles. The zero-order chi connectivity index (χ0) is 25.2. The van der Waals surface area contributed by atoms with E-state index in [1.165, 1.54) is 0 Å². The van der Waals surface area contributed by atoms with Crippen LogP contribution < -0.4 is 14.2 Å². The number of aromatic amines is 1. The van der Waals surface area contributed by atoms with E-state index in [2.05, 4.69) is 10.2 Å². The number of aromatic hydroxyl groups is 1. The van der Waals surface area contributed by atoms with Crippen LogP contribution in [0.4, 0.5) is 0 Å². The number of nitrogens with zero attached hydrogens (tertiary/aromatic N) is 2. The van der Waals surface area contributed by atoms with Crippen LogP contribution in [0, 0.1) is 0 Å². The summed E-state index contributed by atoms with van der Waals surface area (Å²) < 4.78 is 16.2. The van der Waals surface area contributed by atoms with Crippen LogP contribution >= 0.6 is 0 Å². The number of hydrogen-bond donors (Lipinski definition) is 2. The minimum Gasteiger partial charge on any atom is -0.507 e. The average Bonchev–Trinajstić information content (AvgIpc) is 3.46. The fraction of sp³-hybridized carbons (Fsp3) is 0.214. The molecule has 3 aromatic carbocycles. The topological polar surface area (TPSA) is 96.9 Å². The summed E-state index contributed by atoms with van der Waals surface area (Å²) in [6, 6.07) is 20.0. The summed E-state index contributed by atoms with van der Waals surface area (Å²) in [6.45, 7) is 0.479. The molecule has 0 saturated heterocycles. The molecule has 8 heteroatoms. The summed E-state index contributed by atoms with van der Waals surface area (Å²) in [5.41, 5.74) is 4.19. The number of para-hydroxylation sites is 1. The van der Waals surface area contributed by atoms with Crippen molar-refractivity contribution in [1.82, 2.24) is 15.1 Å². The predicted molar refractivity (Wildman–Crippen MR) is 135 cm³/mol. The van der Waals surface area contributed by atoms with E-state index in [-0.39, 0.29) is 11.7 Å². The second kappa shape index (κ2) is 9.65. The third kappa shape index (κ3) is 4.00. The van der Waals surface area contributed by atoms with Crippen LogP contribution in [0.25, 0.3) is 11.3 Å². The summed E-state index contributed by atoms with van der Waals surface area (Å²) in [7, 11) is 4.80. The van der Waals surface area contributed by atoms with E-state index in [1.54, 1.807) is 39.5 Å². The van der Waals surface area contributed by atoms with Gasteiger partial charge < -0.3 is 24.2 Å².